The summed E-state index contributed by atoms with van der Waals surface area (Å²) < 4.78 is 23.3. The zero-order valence-electron chi connectivity index (χ0n) is 19.2. The molecule has 1 saturated carbocycles. The maximum atomic E-state index is 11.9. The number of carboxylic acid groups (broad SMARTS) is 1. The van der Waals surface area contributed by atoms with Crippen LogP contribution in [0.5, 0.6) is 11.6 Å². The smallest absolute Gasteiger partial charge is 0.310 e. The van der Waals surface area contributed by atoms with Crippen molar-refractivity contribution < 1.29 is 28.6 Å². The Bertz CT molecular complexity index is 940. The van der Waals surface area contributed by atoms with Crippen molar-refractivity contribution in [3.63, 3.8) is 0 Å². The Balaban J connectivity index is 1.17. The molecule has 3 fully saturated rings. The molecule has 1 aromatic heterocycles. The van der Waals surface area contributed by atoms with Gasteiger partial charge in [0.25, 0.3) is 5.88 Å². The van der Waals surface area contributed by atoms with Crippen LogP contribution in [0.15, 0.2) is 22.7 Å². The summed E-state index contributed by atoms with van der Waals surface area (Å²) >= 11 is 0. The number of rotatable bonds is 8. The quantitative estimate of drug-likeness (QED) is 0.631. The van der Waals surface area contributed by atoms with Crippen LogP contribution in [0.2, 0.25) is 0 Å². The number of piperidine rings is 1. The van der Waals surface area contributed by atoms with Gasteiger partial charge in [0.2, 0.25) is 0 Å². The van der Waals surface area contributed by atoms with Crippen LogP contribution in [-0.4, -0.2) is 66.7 Å². The number of ether oxygens (including phenoxy) is 3. The van der Waals surface area contributed by atoms with Crippen LogP contribution in [0.3, 0.4) is 0 Å². The third-order valence-electron chi connectivity index (χ3n) is 7.59. The van der Waals surface area contributed by atoms with E-state index in [4.69, 9.17) is 18.7 Å². The van der Waals surface area contributed by atoms with E-state index in [2.05, 4.69) is 10.1 Å². The van der Waals surface area contributed by atoms with Crippen molar-refractivity contribution in [3.8, 4) is 11.6 Å². The standard InChI is InChI=1S/C25H34N2O6/c28-24(29)25(10-1-2-11-25)17-27-12-6-18(7-13-27)16-31-23-22-20(4-3-5-21(22)33-26-23)32-19-8-14-30-15-9-19/h3-5,18-19H,1-2,6-17H2,(H,28,29). The Labute approximate surface area is 194 Å². The number of aromatic nitrogens is 1. The van der Waals surface area contributed by atoms with E-state index >= 15 is 0 Å². The molecule has 1 aromatic carbocycles. The zero-order chi connectivity index (χ0) is 22.7. The van der Waals surface area contributed by atoms with Gasteiger partial charge in [0.15, 0.2) is 5.58 Å². The van der Waals surface area contributed by atoms with Crippen LogP contribution in [-0.2, 0) is 9.53 Å². The molecule has 1 aliphatic carbocycles. The van der Waals surface area contributed by atoms with Gasteiger partial charge in [-0.2, -0.15) is 0 Å². The zero-order valence-corrected chi connectivity index (χ0v) is 19.2. The fourth-order valence-corrected chi connectivity index (χ4v) is 5.53. The van der Waals surface area contributed by atoms with Crippen molar-refractivity contribution in [1.29, 1.82) is 0 Å². The highest BCUT2D eigenvalue weighted by Gasteiger charge is 2.43. The minimum atomic E-state index is -0.623. The van der Waals surface area contributed by atoms with Gasteiger partial charge in [0.1, 0.15) is 17.2 Å². The molecule has 0 bridgehead atoms. The number of hydrogen-bond acceptors (Lipinski definition) is 7. The summed E-state index contributed by atoms with van der Waals surface area (Å²) in [5.74, 6) is 1.04. The van der Waals surface area contributed by atoms with Crippen LogP contribution in [0, 0.1) is 11.3 Å². The largest absolute Gasteiger partial charge is 0.489 e. The summed E-state index contributed by atoms with van der Waals surface area (Å²) in [4.78, 5) is 14.2. The van der Waals surface area contributed by atoms with E-state index < -0.39 is 11.4 Å². The molecule has 5 rings (SSSR count). The van der Waals surface area contributed by atoms with Gasteiger partial charge in [-0.05, 0) is 62.0 Å². The van der Waals surface area contributed by atoms with Gasteiger partial charge in [0.05, 0.1) is 25.2 Å². The Hall–Kier alpha value is -2.32. The third kappa shape index (κ3) is 4.96. The van der Waals surface area contributed by atoms with E-state index in [9.17, 15) is 9.90 Å². The third-order valence-corrected chi connectivity index (χ3v) is 7.59. The van der Waals surface area contributed by atoms with Gasteiger partial charge < -0.3 is 28.7 Å². The molecule has 2 aromatic rings. The van der Waals surface area contributed by atoms with Crippen LogP contribution >= 0.6 is 0 Å². The fourth-order valence-electron chi connectivity index (χ4n) is 5.53. The van der Waals surface area contributed by atoms with E-state index in [0.29, 0.717) is 30.5 Å². The lowest BCUT2D eigenvalue weighted by molar-refractivity contribution is -0.150. The lowest BCUT2D eigenvalue weighted by Gasteiger charge is -2.36. The number of benzene rings is 1. The topological polar surface area (TPSA) is 94.3 Å². The van der Waals surface area contributed by atoms with Crippen molar-refractivity contribution in [2.24, 2.45) is 11.3 Å². The summed E-state index contributed by atoms with van der Waals surface area (Å²) in [5, 5.41) is 14.7. The first-order chi connectivity index (χ1) is 16.1. The predicted octanol–water partition coefficient (Wildman–Crippen LogP) is 4.12. The number of carbonyl (C=O) groups is 1. The van der Waals surface area contributed by atoms with Crippen LogP contribution in [0.1, 0.15) is 51.4 Å². The Morgan fingerprint density at radius 2 is 1.91 bits per heavy atom. The molecular formula is C25H34N2O6. The van der Waals surface area contributed by atoms with Crippen LogP contribution < -0.4 is 9.47 Å². The number of likely N-dealkylation sites (tertiary alicyclic amines) is 1. The first kappa shape index (κ1) is 22.5. The number of fused-ring (bicyclic) bond motifs is 1. The van der Waals surface area contributed by atoms with Crippen molar-refractivity contribution >= 4 is 16.9 Å². The highest BCUT2D eigenvalue weighted by atomic mass is 16.5. The van der Waals surface area contributed by atoms with Crippen molar-refractivity contribution in [1.82, 2.24) is 10.1 Å². The van der Waals surface area contributed by atoms with Gasteiger partial charge in [-0.15, -0.1) is 0 Å². The number of carboxylic acids is 1. The summed E-state index contributed by atoms with van der Waals surface area (Å²) in [5.41, 5.74) is 0.129. The molecule has 2 saturated heterocycles. The molecule has 8 nitrogen and oxygen atoms in total. The molecule has 33 heavy (non-hydrogen) atoms. The normalized spacial score (nSPS) is 22.5. The van der Waals surface area contributed by atoms with Crippen molar-refractivity contribution in [2.75, 3.05) is 39.5 Å². The number of hydrogen-bond donors (Lipinski definition) is 1. The molecule has 8 heteroatoms. The minimum Gasteiger partial charge on any atom is -0.489 e. The van der Waals surface area contributed by atoms with Gasteiger partial charge in [-0.1, -0.05) is 18.9 Å². The van der Waals surface area contributed by atoms with E-state index in [1.807, 2.05) is 18.2 Å². The second-order valence-electron chi connectivity index (χ2n) is 9.87. The molecule has 0 radical (unpaired) electrons. The van der Waals surface area contributed by atoms with Crippen molar-refractivity contribution in [3.05, 3.63) is 18.2 Å². The lowest BCUT2D eigenvalue weighted by Crippen LogP contribution is -2.45. The Morgan fingerprint density at radius 1 is 1.15 bits per heavy atom. The van der Waals surface area contributed by atoms with Gasteiger partial charge >= 0.3 is 5.97 Å². The summed E-state index contributed by atoms with van der Waals surface area (Å²) in [7, 11) is 0. The fraction of sp³-hybridized carbons (Fsp3) is 0.680. The first-order valence-corrected chi connectivity index (χ1v) is 12.3. The molecule has 180 valence electrons. The van der Waals surface area contributed by atoms with E-state index in [1.165, 1.54) is 0 Å². The SMILES string of the molecule is O=C(O)C1(CN2CCC(COc3noc4cccc(OC5CCOCC5)c34)CC2)CCCC1. The summed E-state index contributed by atoms with van der Waals surface area (Å²) in [6.07, 6.45) is 7.55. The highest BCUT2D eigenvalue weighted by Crippen LogP contribution is 2.40. The monoisotopic (exact) mass is 458 g/mol. The maximum Gasteiger partial charge on any atom is 0.310 e. The second kappa shape index (κ2) is 9.89. The van der Waals surface area contributed by atoms with Crippen molar-refractivity contribution in [2.45, 2.75) is 57.5 Å². The molecule has 0 amide bonds. The predicted molar refractivity (Wildman–Crippen MR) is 122 cm³/mol. The molecule has 0 atom stereocenters. The maximum absolute atomic E-state index is 11.9. The van der Waals surface area contributed by atoms with Gasteiger partial charge in [-0.3, -0.25) is 4.79 Å². The molecule has 0 unspecified atom stereocenters. The molecular weight excluding hydrogens is 424 g/mol. The van der Waals surface area contributed by atoms with Crippen LogP contribution in [0.25, 0.3) is 11.0 Å². The highest BCUT2D eigenvalue weighted by molar-refractivity contribution is 5.88. The first-order valence-electron chi connectivity index (χ1n) is 12.3. The van der Waals surface area contributed by atoms with Gasteiger partial charge in [0, 0.05) is 19.4 Å². The second-order valence-corrected chi connectivity index (χ2v) is 9.87. The van der Waals surface area contributed by atoms with E-state index in [-0.39, 0.29) is 6.10 Å². The summed E-state index contributed by atoms with van der Waals surface area (Å²) in [6, 6.07) is 5.74. The van der Waals surface area contributed by atoms with Crippen LogP contribution in [0.4, 0.5) is 0 Å². The van der Waals surface area contributed by atoms with Gasteiger partial charge in [-0.25, -0.2) is 0 Å². The Morgan fingerprint density at radius 3 is 2.64 bits per heavy atom. The minimum absolute atomic E-state index is 0.130. The molecule has 2 aliphatic heterocycles. The van der Waals surface area contributed by atoms with E-state index in [0.717, 1.165) is 88.8 Å². The number of nitrogens with zero attached hydrogens (tertiary/aromatic N) is 2. The molecule has 3 aliphatic rings. The molecule has 3 heterocycles. The molecule has 0 spiro atoms. The lowest BCUT2D eigenvalue weighted by atomic mass is 9.84. The average Bonchev–Trinajstić information content (AvgIpc) is 3.48. The molecule has 1 N–H and O–H groups in total. The number of aliphatic carboxylic acids is 1. The summed E-state index contributed by atoms with van der Waals surface area (Å²) in [6.45, 7) is 4.53. The Kier molecular flexibility index (Phi) is 6.74. The van der Waals surface area contributed by atoms with E-state index in [1.54, 1.807) is 0 Å². The average molecular weight is 459 g/mol.